The van der Waals surface area contributed by atoms with Crippen LogP contribution in [0.3, 0.4) is 0 Å². The number of hydrogen-bond acceptors (Lipinski definition) is 2. The van der Waals surface area contributed by atoms with E-state index in [0.29, 0.717) is 17.5 Å². The van der Waals surface area contributed by atoms with Gasteiger partial charge in [0.05, 0.1) is 0 Å². The van der Waals surface area contributed by atoms with E-state index in [2.05, 4.69) is 37.9 Å². The third kappa shape index (κ3) is 3.48. The van der Waals surface area contributed by atoms with Crippen LogP contribution >= 0.6 is 0 Å². The van der Waals surface area contributed by atoms with Crippen molar-refractivity contribution in [2.45, 2.75) is 84.3 Å². The van der Waals surface area contributed by atoms with Crippen LogP contribution in [0.15, 0.2) is 0 Å². The first kappa shape index (κ1) is 14.3. The van der Waals surface area contributed by atoms with Crippen LogP contribution in [0.25, 0.3) is 0 Å². The van der Waals surface area contributed by atoms with Crippen molar-refractivity contribution in [3.05, 3.63) is 0 Å². The monoisotopic (exact) mass is 252 g/mol. The normalized spacial score (nSPS) is 39.0. The molecule has 0 radical (unpaired) electrons. The summed E-state index contributed by atoms with van der Waals surface area (Å²) in [5, 5.41) is 3.70. The average molecular weight is 252 g/mol. The second-order valence-electron chi connectivity index (χ2n) is 7.33. The van der Waals surface area contributed by atoms with Crippen LogP contribution in [0.5, 0.6) is 0 Å². The Morgan fingerprint density at radius 1 is 0.944 bits per heavy atom. The standard InChI is InChI=1S/C16H32N2/c1-13-8-11-18(12-9-14(2)17-13)15-7-5-6-10-16(15,3)4/h13-15,17H,5-12H2,1-4H3. The first-order chi connectivity index (χ1) is 8.49. The van der Waals surface area contributed by atoms with E-state index < -0.39 is 0 Å². The Bertz CT molecular complexity index is 250. The molecule has 3 atom stereocenters. The molecule has 1 saturated carbocycles. The van der Waals surface area contributed by atoms with Crippen LogP contribution in [-0.4, -0.2) is 36.1 Å². The second kappa shape index (κ2) is 5.92. The van der Waals surface area contributed by atoms with Gasteiger partial charge in [0.2, 0.25) is 0 Å². The van der Waals surface area contributed by atoms with Gasteiger partial charge in [0.1, 0.15) is 0 Å². The first-order valence-electron chi connectivity index (χ1n) is 7.99. The minimum atomic E-state index is 0.525. The molecule has 106 valence electrons. The lowest BCUT2D eigenvalue weighted by Gasteiger charge is -2.47. The zero-order valence-electron chi connectivity index (χ0n) is 12.8. The van der Waals surface area contributed by atoms with Gasteiger partial charge >= 0.3 is 0 Å². The zero-order chi connectivity index (χ0) is 13.2. The quantitative estimate of drug-likeness (QED) is 0.769. The van der Waals surface area contributed by atoms with E-state index in [1.54, 1.807) is 0 Å². The van der Waals surface area contributed by atoms with Gasteiger partial charge in [0, 0.05) is 18.1 Å². The molecule has 2 rings (SSSR count). The van der Waals surface area contributed by atoms with E-state index in [9.17, 15) is 0 Å². The van der Waals surface area contributed by atoms with Gasteiger partial charge in [-0.25, -0.2) is 0 Å². The van der Waals surface area contributed by atoms with E-state index in [-0.39, 0.29) is 0 Å². The summed E-state index contributed by atoms with van der Waals surface area (Å²) in [5.74, 6) is 0. The highest BCUT2D eigenvalue weighted by molar-refractivity contribution is 4.91. The van der Waals surface area contributed by atoms with Gasteiger partial charge in [0.25, 0.3) is 0 Å². The molecule has 0 aromatic rings. The highest BCUT2D eigenvalue weighted by atomic mass is 15.2. The number of rotatable bonds is 1. The Balaban J connectivity index is 2.01. The van der Waals surface area contributed by atoms with Crippen LogP contribution in [0, 0.1) is 5.41 Å². The van der Waals surface area contributed by atoms with Gasteiger partial charge in [-0.2, -0.15) is 0 Å². The Hall–Kier alpha value is -0.0800. The molecule has 2 nitrogen and oxygen atoms in total. The summed E-state index contributed by atoms with van der Waals surface area (Å²) in [6, 6.07) is 2.17. The fourth-order valence-corrected chi connectivity index (χ4v) is 3.95. The van der Waals surface area contributed by atoms with Gasteiger partial charge < -0.3 is 5.32 Å². The molecule has 3 unspecified atom stereocenters. The molecule has 1 N–H and O–H groups in total. The molecule has 1 heterocycles. The van der Waals surface area contributed by atoms with Crippen LogP contribution in [0.2, 0.25) is 0 Å². The van der Waals surface area contributed by atoms with Crippen LogP contribution < -0.4 is 5.32 Å². The maximum absolute atomic E-state index is 3.70. The molecule has 1 aliphatic carbocycles. The maximum Gasteiger partial charge on any atom is 0.0146 e. The summed E-state index contributed by atoms with van der Waals surface area (Å²) < 4.78 is 0. The van der Waals surface area contributed by atoms with Gasteiger partial charge in [-0.05, 0) is 58.0 Å². The number of hydrogen-bond donors (Lipinski definition) is 1. The molecule has 1 saturated heterocycles. The molecule has 2 fully saturated rings. The molecule has 0 amide bonds. The molecule has 0 aromatic carbocycles. The van der Waals surface area contributed by atoms with Crippen LogP contribution in [0.1, 0.15) is 66.2 Å². The molecule has 1 aliphatic heterocycles. The van der Waals surface area contributed by atoms with Crippen molar-refractivity contribution < 1.29 is 0 Å². The fraction of sp³-hybridized carbons (Fsp3) is 1.00. The van der Waals surface area contributed by atoms with Gasteiger partial charge in [-0.15, -0.1) is 0 Å². The molecule has 0 bridgehead atoms. The van der Waals surface area contributed by atoms with E-state index in [0.717, 1.165) is 6.04 Å². The van der Waals surface area contributed by atoms with Crippen molar-refractivity contribution in [2.24, 2.45) is 5.41 Å². The highest BCUT2D eigenvalue weighted by Gasteiger charge is 2.36. The van der Waals surface area contributed by atoms with Crippen molar-refractivity contribution in [3.8, 4) is 0 Å². The third-order valence-electron chi connectivity index (χ3n) is 5.16. The third-order valence-corrected chi connectivity index (χ3v) is 5.16. The largest absolute Gasteiger partial charge is 0.312 e. The zero-order valence-corrected chi connectivity index (χ0v) is 12.8. The Labute approximate surface area is 114 Å². The summed E-state index contributed by atoms with van der Waals surface area (Å²) in [5.41, 5.74) is 0.525. The van der Waals surface area contributed by atoms with Crippen molar-refractivity contribution >= 4 is 0 Å². The number of nitrogens with zero attached hydrogens (tertiary/aromatic N) is 1. The predicted octanol–water partition coefficient (Wildman–Crippen LogP) is 3.42. The Kier molecular flexibility index (Phi) is 4.71. The molecular formula is C16H32N2. The Morgan fingerprint density at radius 3 is 2.11 bits per heavy atom. The van der Waals surface area contributed by atoms with Crippen molar-refractivity contribution in [1.82, 2.24) is 10.2 Å². The highest BCUT2D eigenvalue weighted by Crippen LogP contribution is 2.39. The SMILES string of the molecule is CC1CCN(C2CCCCC2(C)C)CCC(C)N1. The summed E-state index contributed by atoms with van der Waals surface area (Å²) in [7, 11) is 0. The van der Waals surface area contributed by atoms with E-state index in [4.69, 9.17) is 0 Å². The smallest absolute Gasteiger partial charge is 0.0146 e. The van der Waals surface area contributed by atoms with Crippen molar-refractivity contribution in [3.63, 3.8) is 0 Å². The van der Waals surface area contributed by atoms with E-state index in [1.807, 2.05) is 0 Å². The lowest BCUT2D eigenvalue weighted by atomic mass is 9.72. The minimum Gasteiger partial charge on any atom is -0.312 e. The Morgan fingerprint density at radius 2 is 1.56 bits per heavy atom. The molecule has 18 heavy (non-hydrogen) atoms. The first-order valence-corrected chi connectivity index (χ1v) is 7.99. The molecule has 2 heteroatoms. The molecule has 0 spiro atoms. The summed E-state index contributed by atoms with van der Waals surface area (Å²) in [6.07, 6.45) is 8.31. The number of nitrogens with one attached hydrogen (secondary N) is 1. The minimum absolute atomic E-state index is 0.525. The molecular weight excluding hydrogens is 220 g/mol. The van der Waals surface area contributed by atoms with Gasteiger partial charge in [-0.1, -0.05) is 26.7 Å². The van der Waals surface area contributed by atoms with Gasteiger partial charge in [0.15, 0.2) is 0 Å². The van der Waals surface area contributed by atoms with Gasteiger partial charge in [-0.3, -0.25) is 4.90 Å². The average Bonchev–Trinajstić information content (AvgIpc) is 2.28. The predicted molar refractivity (Wildman–Crippen MR) is 78.9 cm³/mol. The summed E-state index contributed by atoms with van der Waals surface area (Å²) in [6.45, 7) is 12.2. The maximum atomic E-state index is 3.70. The lowest BCUT2D eigenvalue weighted by Crippen LogP contribution is -2.51. The fourth-order valence-electron chi connectivity index (χ4n) is 3.95. The molecule has 0 aromatic heterocycles. The topological polar surface area (TPSA) is 15.3 Å². The summed E-state index contributed by atoms with van der Waals surface area (Å²) >= 11 is 0. The van der Waals surface area contributed by atoms with E-state index >= 15 is 0 Å². The molecule has 2 aliphatic rings. The van der Waals surface area contributed by atoms with Crippen molar-refractivity contribution in [1.29, 1.82) is 0 Å². The summed E-state index contributed by atoms with van der Waals surface area (Å²) in [4.78, 5) is 2.81. The lowest BCUT2D eigenvalue weighted by molar-refractivity contribution is 0.0388. The van der Waals surface area contributed by atoms with Crippen LogP contribution in [-0.2, 0) is 0 Å². The van der Waals surface area contributed by atoms with Crippen LogP contribution in [0.4, 0.5) is 0 Å². The van der Waals surface area contributed by atoms with E-state index in [1.165, 1.54) is 51.6 Å². The van der Waals surface area contributed by atoms with Crippen molar-refractivity contribution in [2.75, 3.05) is 13.1 Å². The second-order valence-corrected chi connectivity index (χ2v) is 7.33.